The summed E-state index contributed by atoms with van der Waals surface area (Å²) in [6, 6.07) is 0.0821. The maximum atomic E-state index is 5.57. The molecule has 4 nitrogen and oxygen atoms in total. The lowest BCUT2D eigenvalue weighted by molar-refractivity contribution is -0.0288. The Morgan fingerprint density at radius 1 is 1.73 bits per heavy atom. The maximum Gasteiger partial charge on any atom is 0.0942 e. The second kappa shape index (κ2) is 5.55. The fraction of sp³-hybridized carbons (Fsp3) is 0.700. The van der Waals surface area contributed by atoms with E-state index in [4.69, 9.17) is 10.6 Å². The molecule has 15 heavy (non-hydrogen) atoms. The molecule has 1 aromatic rings. The van der Waals surface area contributed by atoms with Crippen molar-refractivity contribution in [3.8, 4) is 0 Å². The highest BCUT2D eigenvalue weighted by Gasteiger charge is 2.32. The molecule has 0 bridgehead atoms. The molecule has 3 N–H and O–H groups in total. The summed E-state index contributed by atoms with van der Waals surface area (Å²) in [6.07, 6.45) is 3.51. The highest BCUT2D eigenvalue weighted by molar-refractivity contribution is 7.09. The number of nitrogens with zero attached hydrogens (tertiary/aromatic N) is 1. The Hall–Kier alpha value is -0.490. The number of ether oxygens (including phenoxy) is 1. The van der Waals surface area contributed by atoms with E-state index in [9.17, 15) is 0 Å². The van der Waals surface area contributed by atoms with Crippen LogP contribution in [0.3, 0.4) is 0 Å². The van der Waals surface area contributed by atoms with Crippen LogP contribution in [-0.4, -0.2) is 23.7 Å². The van der Waals surface area contributed by atoms with Crippen LogP contribution in [0.15, 0.2) is 11.6 Å². The van der Waals surface area contributed by atoms with Gasteiger partial charge in [-0.1, -0.05) is 6.92 Å². The van der Waals surface area contributed by atoms with Crippen molar-refractivity contribution in [3.63, 3.8) is 0 Å². The average molecular weight is 229 g/mol. The van der Waals surface area contributed by atoms with Gasteiger partial charge in [-0.25, -0.2) is 4.98 Å². The lowest BCUT2D eigenvalue weighted by atomic mass is 9.91. The number of rotatable bonds is 6. The molecule has 0 aliphatic heterocycles. The van der Waals surface area contributed by atoms with E-state index in [0.717, 1.165) is 17.8 Å². The van der Waals surface area contributed by atoms with Crippen LogP contribution in [-0.2, 0) is 11.2 Å². The van der Waals surface area contributed by atoms with Crippen molar-refractivity contribution >= 4 is 11.3 Å². The highest BCUT2D eigenvalue weighted by Crippen LogP contribution is 2.22. The minimum absolute atomic E-state index is 0.0821. The van der Waals surface area contributed by atoms with Crippen molar-refractivity contribution < 1.29 is 4.74 Å². The van der Waals surface area contributed by atoms with Crippen LogP contribution >= 0.6 is 11.3 Å². The Labute approximate surface area is 94.8 Å². The normalized spacial score (nSPS) is 17.3. The van der Waals surface area contributed by atoms with Crippen LogP contribution in [0.25, 0.3) is 0 Å². The van der Waals surface area contributed by atoms with Crippen molar-refractivity contribution in [3.05, 3.63) is 16.6 Å². The fourth-order valence-electron chi connectivity index (χ4n) is 1.51. The Morgan fingerprint density at radius 2 is 2.47 bits per heavy atom. The van der Waals surface area contributed by atoms with E-state index >= 15 is 0 Å². The zero-order valence-corrected chi connectivity index (χ0v) is 10.3. The largest absolute Gasteiger partial charge is 0.377 e. The lowest BCUT2D eigenvalue weighted by Gasteiger charge is -2.34. The smallest absolute Gasteiger partial charge is 0.0942 e. The minimum Gasteiger partial charge on any atom is -0.377 e. The Kier molecular flexibility index (Phi) is 4.66. The number of nitrogens with two attached hydrogens (primary N) is 1. The van der Waals surface area contributed by atoms with Gasteiger partial charge in [0.2, 0.25) is 0 Å². The second-order valence-corrected chi connectivity index (χ2v) is 4.70. The van der Waals surface area contributed by atoms with Gasteiger partial charge in [-0.15, -0.1) is 11.3 Å². The molecule has 1 aromatic heterocycles. The van der Waals surface area contributed by atoms with E-state index in [0.29, 0.717) is 0 Å². The van der Waals surface area contributed by atoms with E-state index in [1.54, 1.807) is 18.4 Å². The first-order valence-corrected chi connectivity index (χ1v) is 5.94. The summed E-state index contributed by atoms with van der Waals surface area (Å²) in [7, 11) is 1.72. The third-order valence-electron chi connectivity index (χ3n) is 2.97. The Morgan fingerprint density at radius 3 is 2.87 bits per heavy atom. The molecule has 0 fully saturated rings. The quantitative estimate of drug-likeness (QED) is 0.571. The number of methoxy groups -OCH3 is 1. The number of hydrazine groups is 1. The van der Waals surface area contributed by atoms with Crippen LogP contribution in [0.5, 0.6) is 0 Å². The summed E-state index contributed by atoms with van der Waals surface area (Å²) in [5, 5.41) is 3.05. The molecule has 86 valence electrons. The van der Waals surface area contributed by atoms with Crippen LogP contribution in [0, 0.1) is 0 Å². The molecule has 0 spiro atoms. The zero-order valence-electron chi connectivity index (χ0n) is 9.49. The van der Waals surface area contributed by atoms with Gasteiger partial charge in [0.05, 0.1) is 16.7 Å². The summed E-state index contributed by atoms with van der Waals surface area (Å²) in [5.74, 6) is 5.57. The van der Waals surface area contributed by atoms with Gasteiger partial charge in [0.15, 0.2) is 0 Å². The van der Waals surface area contributed by atoms with Gasteiger partial charge < -0.3 is 4.74 Å². The third kappa shape index (κ3) is 2.98. The number of hydrogen-bond acceptors (Lipinski definition) is 5. The minimum atomic E-state index is -0.250. The molecule has 1 heterocycles. The molecule has 5 heteroatoms. The number of nitrogens with one attached hydrogen (secondary N) is 1. The van der Waals surface area contributed by atoms with Crippen molar-refractivity contribution in [2.24, 2.45) is 5.84 Å². The van der Waals surface area contributed by atoms with Crippen LogP contribution in [0.4, 0.5) is 0 Å². The van der Waals surface area contributed by atoms with Gasteiger partial charge in [0, 0.05) is 25.1 Å². The Balaban J connectivity index is 2.70. The van der Waals surface area contributed by atoms with Gasteiger partial charge >= 0.3 is 0 Å². The van der Waals surface area contributed by atoms with E-state index in [-0.39, 0.29) is 11.6 Å². The molecule has 0 saturated heterocycles. The lowest BCUT2D eigenvalue weighted by Crippen LogP contribution is -2.53. The summed E-state index contributed by atoms with van der Waals surface area (Å²) in [4.78, 5) is 4.25. The maximum absolute atomic E-state index is 5.57. The molecule has 0 saturated carbocycles. The van der Waals surface area contributed by atoms with E-state index in [2.05, 4.69) is 24.3 Å². The first-order chi connectivity index (χ1) is 7.16. The summed E-state index contributed by atoms with van der Waals surface area (Å²) < 4.78 is 5.52. The van der Waals surface area contributed by atoms with Crippen LogP contribution < -0.4 is 11.3 Å². The van der Waals surface area contributed by atoms with Crippen molar-refractivity contribution in [1.29, 1.82) is 0 Å². The summed E-state index contributed by atoms with van der Waals surface area (Å²) >= 11 is 1.64. The zero-order chi connectivity index (χ0) is 11.3. The van der Waals surface area contributed by atoms with E-state index in [1.165, 1.54) is 0 Å². The molecule has 0 amide bonds. The van der Waals surface area contributed by atoms with Crippen molar-refractivity contribution in [2.45, 2.75) is 38.3 Å². The topological polar surface area (TPSA) is 60.2 Å². The molecule has 0 radical (unpaired) electrons. The number of hydrogen-bond donors (Lipinski definition) is 2. The third-order valence-corrected chi connectivity index (χ3v) is 3.77. The molecule has 2 atom stereocenters. The molecule has 0 aromatic carbocycles. The first kappa shape index (κ1) is 12.6. The Bertz CT molecular complexity index is 272. The molecular weight excluding hydrogens is 210 g/mol. The van der Waals surface area contributed by atoms with E-state index in [1.807, 2.05) is 11.6 Å². The van der Waals surface area contributed by atoms with Crippen molar-refractivity contribution in [1.82, 2.24) is 10.4 Å². The number of thiazole rings is 1. The van der Waals surface area contributed by atoms with Gasteiger partial charge in [-0.05, 0) is 13.3 Å². The standard InChI is InChI=1S/C10H19N3OS/c1-4-10(2,14-3)8(13-11)7-9-12-5-6-15-9/h5-6,8,13H,4,7,11H2,1-3H3. The molecule has 0 aliphatic carbocycles. The van der Waals surface area contributed by atoms with E-state index < -0.39 is 0 Å². The average Bonchev–Trinajstić information content (AvgIpc) is 2.77. The second-order valence-electron chi connectivity index (χ2n) is 3.72. The first-order valence-electron chi connectivity index (χ1n) is 5.06. The van der Waals surface area contributed by atoms with Gasteiger partial charge in [-0.2, -0.15) is 0 Å². The monoisotopic (exact) mass is 229 g/mol. The molecule has 0 aliphatic rings. The SMILES string of the molecule is CCC(C)(OC)C(Cc1nccs1)NN. The van der Waals surface area contributed by atoms with Gasteiger partial charge in [-0.3, -0.25) is 11.3 Å². The highest BCUT2D eigenvalue weighted by atomic mass is 32.1. The fourth-order valence-corrected chi connectivity index (χ4v) is 2.18. The summed E-state index contributed by atoms with van der Waals surface area (Å²) in [5.41, 5.74) is 2.57. The predicted molar refractivity (Wildman–Crippen MR) is 62.6 cm³/mol. The summed E-state index contributed by atoms with van der Waals surface area (Å²) in [6.45, 7) is 4.15. The van der Waals surface area contributed by atoms with Crippen LogP contribution in [0.2, 0.25) is 0 Å². The molecular formula is C10H19N3OS. The predicted octanol–water partition coefficient (Wildman–Crippen LogP) is 1.33. The number of aromatic nitrogens is 1. The molecule has 1 rings (SSSR count). The van der Waals surface area contributed by atoms with Gasteiger partial charge in [0.1, 0.15) is 0 Å². The van der Waals surface area contributed by atoms with Crippen LogP contribution in [0.1, 0.15) is 25.3 Å². The van der Waals surface area contributed by atoms with Crippen molar-refractivity contribution in [2.75, 3.05) is 7.11 Å². The van der Waals surface area contributed by atoms with Gasteiger partial charge in [0.25, 0.3) is 0 Å². The molecule has 2 unspecified atom stereocenters.